The second-order valence-corrected chi connectivity index (χ2v) is 3.36. The molecule has 0 radical (unpaired) electrons. The van der Waals surface area contributed by atoms with E-state index in [1.165, 1.54) is 6.07 Å². The Morgan fingerprint density at radius 2 is 2.08 bits per heavy atom. The molecule has 0 saturated carbocycles. The normalized spacial score (nSPS) is 10.2. The highest BCUT2D eigenvalue weighted by molar-refractivity contribution is 6.42. The van der Waals surface area contributed by atoms with Crippen LogP contribution in [0.2, 0.25) is 15.2 Å². The van der Waals surface area contributed by atoms with Gasteiger partial charge >= 0.3 is 0 Å². The van der Waals surface area contributed by atoms with Crippen molar-refractivity contribution < 1.29 is 4.74 Å². The van der Waals surface area contributed by atoms with Gasteiger partial charge < -0.3 is 4.74 Å². The maximum absolute atomic E-state index is 5.78. The molecule has 1 rings (SSSR count). The molecule has 1 aromatic heterocycles. The van der Waals surface area contributed by atoms with Crippen molar-refractivity contribution in [3.8, 4) is 5.88 Å². The van der Waals surface area contributed by atoms with Crippen LogP contribution in [-0.4, -0.2) is 18.8 Å². The molecule has 3 nitrogen and oxygen atoms in total. The molecule has 0 bridgehead atoms. The van der Waals surface area contributed by atoms with Crippen molar-refractivity contribution in [1.29, 1.82) is 0 Å². The van der Waals surface area contributed by atoms with Gasteiger partial charge in [-0.05, 0) is 13.1 Å². The second-order valence-electron chi connectivity index (χ2n) is 2.19. The minimum atomic E-state index is 0.178. The first-order valence-corrected chi connectivity index (χ1v) is 4.57. The number of ether oxygens (including phenoxy) is 1. The van der Waals surface area contributed by atoms with Crippen LogP contribution in [-0.2, 0) is 0 Å². The highest BCUT2D eigenvalue weighted by atomic mass is 35.5. The van der Waals surface area contributed by atoms with E-state index in [-0.39, 0.29) is 11.0 Å². The highest BCUT2D eigenvalue weighted by Crippen LogP contribution is 2.29. The first-order chi connectivity index (χ1) is 6.15. The summed E-state index contributed by atoms with van der Waals surface area (Å²) < 4.78 is 5.12. The Morgan fingerprint density at radius 1 is 1.38 bits per heavy atom. The predicted molar refractivity (Wildman–Crippen MR) is 53.8 cm³/mol. The fourth-order valence-corrected chi connectivity index (χ4v) is 1.21. The summed E-state index contributed by atoms with van der Waals surface area (Å²) in [5, 5.41) is 3.60. The smallest absolute Gasteiger partial charge is 0.235 e. The molecule has 0 saturated heterocycles. The summed E-state index contributed by atoms with van der Waals surface area (Å²) in [6, 6.07) is 1.49. The third-order valence-electron chi connectivity index (χ3n) is 1.21. The van der Waals surface area contributed by atoms with Gasteiger partial charge in [-0.25, -0.2) is 0 Å². The van der Waals surface area contributed by atoms with Crippen molar-refractivity contribution in [2.45, 2.75) is 0 Å². The molecule has 0 unspecified atom stereocenters. The van der Waals surface area contributed by atoms with E-state index in [0.29, 0.717) is 16.8 Å². The van der Waals surface area contributed by atoms with Crippen molar-refractivity contribution in [1.82, 2.24) is 10.3 Å². The Labute approximate surface area is 91.0 Å². The zero-order chi connectivity index (χ0) is 9.84. The number of aromatic nitrogens is 1. The quantitative estimate of drug-likeness (QED) is 0.652. The van der Waals surface area contributed by atoms with E-state index >= 15 is 0 Å². The van der Waals surface area contributed by atoms with Crippen LogP contribution in [0, 0.1) is 0 Å². The summed E-state index contributed by atoms with van der Waals surface area (Å²) in [5.74, 6) is 0.269. The van der Waals surface area contributed by atoms with Gasteiger partial charge in [-0.15, -0.1) is 0 Å². The van der Waals surface area contributed by atoms with E-state index in [1.54, 1.807) is 7.05 Å². The maximum atomic E-state index is 5.78. The number of pyridine rings is 1. The van der Waals surface area contributed by atoms with Gasteiger partial charge in [0.15, 0.2) is 5.15 Å². The summed E-state index contributed by atoms with van der Waals surface area (Å²) in [7, 11) is 1.74. The maximum Gasteiger partial charge on any atom is 0.235 e. The van der Waals surface area contributed by atoms with Crippen molar-refractivity contribution in [3.63, 3.8) is 0 Å². The summed E-state index contributed by atoms with van der Waals surface area (Å²) in [6.45, 7) is 0.310. The Morgan fingerprint density at radius 3 is 2.69 bits per heavy atom. The lowest BCUT2D eigenvalue weighted by Gasteiger charge is -2.06. The van der Waals surface area contributed by atoms with Crippen molar-refractivity contribution >= 4 is 34.8 Å². The Kier molecular flexibility index (Phi) is 4.06. The molecular weight excluding hydrogens is 234 g/mol. The summed E-state index contributed by atoms with van der Waals surface area (Å²) in [5.41, 5.74) is 0. The first-order valence-electron chi connectivity index (χ1n) is 3.44. The van der Waals surface area contributed by atoms with Crippen LogP contribution >= 0.6 is 34.8 Å². The molecule has 6 heteroatoms. The first kappa shape index (κ1) is 10.9. The standard InChI is InChI=1S/C7H7Cl3N2O/c1-11-3-13-7-5(9)2-4(8)6(10)12-7/h2,11H,3H2,1H3. The molecule has 0 amide bonds. The van der Waals surface area contributed by atoms with Crippen LogP contribution in [0.5, 0.6) is 5.88 Å². The van der Waals surface area contributed by atoms with Gasteiger partial charge in [-0.1, -0.05) is 34.8 Å². The second kappa shape index (κ2) is 4.86. The fraction of sp³-hybridized carbons (Fsp3) is 0.286. The van der Waals surface area contributed by atoms with Gasteiger partial charge in [0, 0.05) is 0 Å². The highest BCUT2D eigenvalue weighted by Gasteiger charge is 2.07. The van der Waals surface area contributed by atoms with Crippen LogP contribution < -0.4 is 10.1 Å². The molecule has 1 heterocycles. The molecule has 0 aliphatic rings. The zero-order valence-corrected chi connectivity index (χ0v) is 9.04. The molecule has 1 N–H and O–H groups in total. The van der Waals surface area contributed by atoms with Crippen LogP contribution in [0.3, 0.4) is 0 Å². The number of hydrogen-bond acceptors (Lipinski definition) is 3. The third-order valence-corrected chi connectivity index (χ3v) is 2.15. The van der Waals surface area contributed by atoms with Gasteiger partial charge in [0.25, 0.3) is 0 Å². The van der Waals surface area contributed by atoms with E-state index in [4.69, 9.17) is 39.5 Å². The predicted octanol–water partition coefficient (Wildman–Crippen LogP) is 2.60. The van der Waals surface area contributed by atoms with Crippen molar-refractivity contribution in [3.05, 3.63) is 21.3 Å². The molecule has 72 valence electrons. The third kappa shape index (κ3) is 2.88. The SMILES string of the molecule is CNCOc1nc(Cl)c(Cl)cc1Cl. The van der Waals surface area contributed by atoms with E-state index in [2.05, 4.69) is 10.3 Å². The number of rotatable bonds is 3. The van der Waals surface area contributed by atoms with Crippen LogP contribution in [0.1, 0.15) is 0 Å². The largest absolute Gasteiger partial charge is 0.461 e. The van der Waals surface area contributed by atoms with E-state index in [1.807, 2.05) is 0 Å². The zero-order valence-electron chi connectivity index (χ0n) is 6.77. The molecule has 0 spiro atoms. The Bertz CT molecular complexity index is 306. The molecular formula is C7H7Cl3N2O. The van der Waals surface area contributed by atoms with E-state index in [9.17, 15) is 0 Å². The van der Waals surface area contributed by atoms with E-state index in [0.717, 1.165) is 0 Å². The van der Waals surface area contributed by atoms with Crippen LogP contribution in [0.25, 0.3) is 0 Å². The van der Waals surface area contributed by atoms with Crippen molar-refractivity contribution in [2.75, 3.05) is 13.8 Å². The lowest BCUT2D eigenvalue weighted by atomic mass is 10.5. The Hall–Kier alpha value is -0.220. The Balaban J connectivity index is 2.88. The minimum Gasteiger partial charge on any atom is -0.461 e. The molecule has 0 fully saturated rings. The molecule has 1 aromatic rings. The van der Waals surface area contributed by atoms with Gasteiger partial charge in [-0.2, -0.15) is 4.98 Å². The van der Waals surface area contributed by atoms with Gasteiger partial charge in [0.2, 0.25) is 5.88 Å². The van der Waals surface area contributed by atoms with E-state index < -0.39 is 0 Å². The van der Waals surface area contributed by atoms with Crippen LogP contribution in [0.4, 0.5) is 0 Å². The van der Waals surface area contributed by atoms with Gasteiger partial charge in [-0.3, -0.25) is 5.32 Å². The average Bonchev–Trinajstić information content (AvgIpc) is 2.09. The molecule has 0 aromatic carbocycles. The molecule has 13 heavy (non-hydrogen) atoms. The topological polar surface area (TPSA) is 34.1 Å². The lowest BCUT2D eigenvalue weighted by molar-refractivity contribution is 0.285. The monoisotopic (exact) mass is 240 g/mol. The van der Waals surface area contributed by atoms with Crippen molar-refractivity contribution in [2.24, 2.45) is 0 Å². The molecule has 0 atom stereocenters. The lowest BCUT2D eigenvalue weighted by Crippen LogP contribution is -2.15. The summed E-state index contributed by atoms with van der Waals surface area (Å²) in [4.78, 5) is 3.85. The van der Waals surface area contributed by atoms with Gasteiger partial charge in [0.05, 0.1) is 5.02 Å². The molecule has 0 aliphatic carbocycles. The number of hydrogen-bond donors (Lipinski definition) is 1. The molecule has 0 aliphatic heterocycles. The van der Waals surface area contributed by atoms with Gasteiger partial charge in [0.1, 0.15) is 11.8 Å². The number of nitrogens with one attached hydrogen (secondary N) is 1. The average molecular weight is 242 g/mol. The fourth-order valence-electron chi connectivity index (χ4n) is 0.670. The minimum absolute atomic E-state index is 0.178. The number of nitrogens with zero attached hydrogens (tertiary/aromatic N) is 1. The summed E-state index contributed by atoms with van der Waals surface area (Å²) in [6.07, 6.45) is 0. The number of halogens is 3. The summed E-state index contributed by atoms with van der Waals surface area (Å²) >= 11 is 17.1. The van der Waals surface area contributed by atoms with Crippen LogP contribution in [0.15, 0.2) is 6.07 Å².